The van der Waals surface area contributed by atoms with Crippen LogP contribution in [0.1, 0.15) is 32.6 Å². The van der Waals surface area contributed by atoms with E-state index in [2.05, 4.69) is 28.4 Å². The smallest absolute Gasteiger partial charge is 0.265 e. The highest BCUT2D eigenvalue weighted by molar-refractivity contribution is 5.94. The molecule has 4 rings (SSSR count). The molecule has 3 aromatic carbocycles. The van der Waals surface area contributed by atoms with Crippen LogP contribution in [0.15, 0.2) is 66.7 Å². The van der Waals surface area contributed by atoms with Crippen molar-refractivity contribution in [2.75, 3.05) is 23.3 Å². The zero-order chi connectivity index (χ0) is 20.1. The molecule has 4 heteroatoms. The molecule has 0 saturated carbocycles. The number of carbonyl (C=O) groups excluding carboxylic acids is 1. The van der Waals surface area contributed by atoms with E-state index in [0.717, 1.165) is 29.5 Å². The first-order chi connectivity index (χ1) is 14.2. The van der Waals surface area contributed by atoms with Gasteiger partial charge in [0.2, 0.25) is 0 Å². The number of ether oxygens (including phenoxy) is 1. The van der Waals surface area contributed by atoms with Crippen molar-refractivity contribution < 1.29 is 9.53 Å². The Balaban J connectivity index is 1.40. The highest BCUT2D eigenvalue weighted by Gasteiger charge is 2.19. The average Bonchev–Trinajstić information content (AvgIpc) is 2.78. The Hall–Kier alpha value is -3.01. The fraction of sp³-hybridized carbons (Fsp3) is 0.320. The summed E-state index contributed by atoms with van der Waals surface area (Å²) in [6, 6.07) is 22.2. The molecule has 0 bridgehead atoms. The Bertz CT molecular complexity index is 962. The fourth-order valence-electron chi connectivity index (χ4n) is 3.86. The van der Waals surface area contributed by atoms with E-state index in [1.165, 1.54) is 24.9 Å². The van der Waals surface area contributed by atoms with Crippen molar-refractivity contribution in [1.29, 1.82) is 0 Å². The number of nitrogens with zero attached hydrogens (tertiary/aromatic N) is 1. The van der Waals surface area contributed by atoms with E-state index in [1.807, 2.05) is 55.5 Å². The first-order valence-electron chi connectivity index (χ1n) is 10.5. The lowest BCUT2D eigenvalue weighted by molar-refractivity contribution is -0.122. The Morgan fingerprint density at radius 3 is 2.41 bits per heavy atom. The minimum absolute atomic E-state index is 0.119. The maximum atomic E-state index is 12.8. The largest absolute Gasteiger partial charge is 0.481 e. The van der Waals surface area contributed by atoms with Gasteiger partial charge in [-0.1, -0.05) is 37.3 Å². The van der Waals surface area contributed by atoms with Gasteiger partial charge in [0.25, 0.3) is 5.91 Å². The topological polar surface area (TPSA) is 41.6 Å². The van der Waals surface area contributed by atoms with Crippen LogP contribution in [0.2, 0.25) is 0 Å². The maximum Gasteiger partial charge on any atom is 0.265 e. The summed E-state index contributed by atoms with van der Waals surface area (Å²) in [7, 11) is 0. The van der Waals surface area contributed by atoms with E-state index in [-0.39, 0.29) is 5.91 Å². The SMILES string of the molecule is CC[C@H](Oc1ccc2ccccc2c1)C(=O)Nc1ccc(N2CCCCC2)cc1. The number of hydrogen-bond donors (Lipinski definition) is 1. The Morgan fingerprint density at radius 1 is 0.966 bits per heavy atom. The first kappa shape index (κ1) is 19.3. The molecule has 1 aliphatic rings. The third-order valence-electron chi connectivity index (χ3n) is 5.52. The summed E-state index contributed by atoms with van der Waals surface area (Å²) in [4.78, 5) is 15.2. The zero-order valence-electron chi connectivity index (χ0n) is 16.9. The molecule has 0 aromatic heterocycles. The lowest BCUT2D eigenvalue weighted by atomic mass is 10.1. The molecule has 1 N–H and O–H groups in total. The second-order valence-electron chi connectivity index (χ2n) is 7.61. The van der Waals surface area contributed by atoms with Crippen LogP contribution in [0.3, 0.4) is 0 Å². The highest BCUT2D eigenvalue weighted by atomic mass is 16.5. The van der Waals surface area contributed by atoms with Crippen LogP contribution < -0.4 is 15.0 Å². The van der Waals surface area contributed by atoms with Crippen LogP contribution in [0.25, 0.3) is 10.8 Å². The van der Waals surface area contributed by atoms with E-state index >= 15 is 0 Å². The van der Waals surface area contributed by atoms with Crippen LogP contribution in [0.4, 0.5) is 11.4 Å². The summed E-state index contributed by atoms with van der Waals surface area (Å²) in [6.45, 7) is 4.19. The molecule has 29 heavy (non-hydrogen) atoms. The van der Waals surface area contributed by atoms with Gasteiger partial charge in [-0.15, -0.1) is 0 Å². The molecule has 0 aliphatic carbocycles. The molecule has 4 nitrogen and oxygen atoms in total. The number of piperidine rings is 1. The molecule has 0 radical (unpaired) electrons. The third-order valence-corrected chi connectivity index (χ3v) is 5.52. The van der Waals surface area contributed by atoms with Crippen molar-refractivity contribution >= 4 is 28.1 Å². The van der Waals surface area contributed by atoms with Crippen LogP contribution in [-0.4, -0.2) is 25.1 Å². The number of carbonyl (C=O) groups is 1. The van der Waals surface area contributed by atoms with Crippen LogP contribution >= 0.6 is 0 Å². The lowest BCUT2D eigenvalue weighted by Gasteiger charge is -2.28. The summed E-state index contributed by atoms with van der Waals surface area (Å²) in [5, 5.41) is 5.26. The molecule has 1 atom stereocenters. The molecular weight excluding hydrogens is 360 g/mol. The van der Waals surface area contributed by atoms with Crippen LogP contribution in [0, 0.1) is 0 Å². The fourth-order valence-corrected chi connectivity index (χ4v) is 3.86. The lowest BCUT2D eigenvalue weighted by Crippen LogP contribution is -2.32. The molecular formula is C25H28N2O2. The van der Waals surface area contributed by atoms with Crippen molar-refractivity contribution in [3.05, 3.63) is 66.7 Å². The standard InChI is InChI=1S/C25H28N2O2/c1-2-24(29-23-15-10-19-8-4-5-9-20(19)18-23)25(28)26-21-11-13-22(14-12-21)27-16-6-3-7-17-27/h4-5,8-15,18,24H,2-3,6-7,16-17H2,1H3,(H,26,28)/t24-/m0/s1. The van der Waals surface area contributed by atoms with Gasteiger partial charge in [0.05, 0.1) is 0 Å². The van der Waals surface area contributed by atoms with Gasteiger partial charge in [-0.05, 0) is 72.9 Å². The predicted octanol–water partition coefficient (Wildman–Crippen LogP) is 5.63. The van der Waals surface area contributed by atoms with E-state index in [9.17, 15) is 4.79 Å². The van der Waals surface area contributed by atoms with Crippen LogP contribution in [0.5, 0.6) is 5.75 Å². The van der Waals surface area contributed by atoms with Gasteiger partial charge in [0, 0.05) is 24.5 Å². The Kier molecular flexibility index (Phi) is 5.99. The van der Waals surface area contributed by atoms with Gasteiger partial charge in [0.1, 0.15) is 5.75 Å². The van der Waals surface area contributed by atoms with Gasteiger partial charge < -0.3 is 15.0 Å². The number of hydrogen-bond acceptors (Lipinski definition) is 3. The minimum Gasteiger partial charge on any atom is -0.481 e. The number of benzene rings is 3. The molecule has 150 valence electrons. The summed E-state index contributed by atoms with van der Waals surface area (Å²) in [5.74, 6) is 0.595. The highest BCUT2D eigenvalue weighted by Crippen LogP contribution is 2.24. The first-order valence-corrected chi connectivity index (χ1v) is 10.5. The Morgan fingerprint density at radius 2 is 1.69 bits per heavy atom. The Labute approximate surface area is 172 Å². The van der Waals surface area contributed by atoms with Gasteiger partial charge in [-0.3, -0.25) is 4.79 Å². The number of rotatable bonds is 6. The van der Waals surface area contributed by atoms with Gasteiger partial charge >= 0.3 is 0 Å². The van der Waals surface area contributed by atoms with Crippen molar-refractivity contribution in [2.45, 2.75) is 38.7 Å². The average molecular weight is 389 g/mol. The molecule has 1 amide bonds. The van der Waals surface area contributed by atoms with Crippen molar-refractivity contribution in [3.8, 4) is 5.75 Å². The zero-order valence-corrected chi connectivity index (χ0v) is 16.9. The van der Waals surface area contributed by atoms with Crippen LogP contribution in [-0.2, 0) is 4.79 Å². The number of fused-ring (bicyclic) bond motifs is 1. The number of amides is 1. The summed E-state index contributed by atoms with van der Waals surface area (Å²) in [5.41, 5.74) is 2.03. The molecule has 1 fully saturated rings. The summed E-state index contributed by atoms with van der Waals surface area (Å²) in [6.07, 6.45) is 3.90. The van der Waals surface area contributed by atoms with E-state index < -0.39 is 6.10 Å². The summed E-state index contributed by atoms with van der Waals surface area (Å²) >= 11 is 0. The van der Waals surface area contributed by atoms with Gasteiger partial charge in [0.15, 0.2) is 6.10 Å². The van der Waals surface area contributed by atoms with Gasteiger partial charge in [-0.2, -0.15) is 0 Å². The summed E-state index contributed by atoms with van der Waals surface area (Å²) < 4.78 is 6.00. The monoisotopic (exact) mass is 388 g/mol. The molecule has 3 aromatic rings. The van der Waals surface area contributed by atoms with Crippen molar-refractivity contribution in [2.24, 2.45) is 0 Å². The molecule has 1 heterocycles. The van der Waals surface area contributed by atoms with Crippen molar-refractivity contribution in [1.82, 2.24) is 0 Å². The third kappa shape index (κ3) is 4.70. The second-order valence-corrected chi connectivity index (χ2v) is 7.61. The molecule has 1 aliphatic heterocycles. The second kappa shape index (κ2) is 8.99. The maximum absolute atomic E-state index is 12.8. The quantitative estimate of drug-likeness (QED) is 0.595. The minimum atomic E-state index is -0.530. The van der Waals surface area contributed by atoms with Crippen molar-refractivity contribution in [3.63, 3.8) is 0 Å². The molecule has 0 spiro atoms. The van der Waals surface area contributed by atoms with E-state index in [1.54, 1.807) is 0 Å². The number of nitrogens with one attached hydrogen (secondary N) is 1. The van der Waals surface area contributed by atoms with E-state index in [0.29, 0.717) is 12.2 Å². The molecule has 0 unspecified atom stereocenters. The predicted molar refractivity (Wildman–Crippen MR) is 120 cm³/mol. The van der Waals surface area contributed by atoms with E-state index in [4.69, 9.17) is 4.74 Å². The number of anilines is 2. The molecule has 1 saturated heterocycles. The van der Waals surface area contributed by atoms with Gasteiger partial charge in [-0.25, -0.2) is 0 Å². The normalized spacial score (nSPS) is 15.1.